The van der Waals surface area contributed by atoms with E-state index >= 15 is 0 Å². The minimum atomic E-state index is -1.10. The number of hydrogen-bond donors (Lipinski definition) is 1. The lowest BCUT2D eigenvalue weighted by molar-refractivity contribution is -0.146. The molecule has 0 aliphatic heterocycles. The maximum atomic E-state index is 12.2. The molecule has 0 atom stereocenters. The molecule has 0 bridgehead atoms. The van der Waals surface area contributed by atoms with Gasteiger partial charge in [-0.1, -0.05) is 0 Å². The average Bonchev–Trinajstić information content (AvgIpc) is 2.37. The fraction of sp³-hybridized carbons (Fsp3) is 0.385. The molecule has 1 rings (SSSR count). The van der Waals surface area contributed by atoms with Gasteiger partial charge in [-0.05, 0) is 48.0 Å². The van der Waals surface area contributed by atoms with Crippen molar-refractivity contribution in [1.82, 2.24) is 5.32 Å². The first kappa shape index (κ1) is 15.5. The molecule has 1 aromatic rings. The molecule has 6 heteroatoms. The lowest BCUT2D eigenvalue weighted by Crippen LogP contribution is -2.50. The van der Waals surface area contributed by atoms with Crippen LogP contribution in [0.25, 0.3) is 0 Å². The summed E-state index contributed by atoms with van der Waals surface area (Å²) in [5, 5.41) is 2.62. The minimum absolute atomic E-state index is 0.385. The smallest absolute Gasteiger partial charge is 0.330 e. The Morgan fingerprint density at radius 1 is 1.26 bits per heavy atom. The number of carbonyl (C=O) groups is 2. The highest BCUT2D eigenvalue weighted by molar-refractivity contribution is 9.10. The normalized spacial score (nSPS) is 10.8. The van der Waals surface area contributed by atoms with Crippen molar-refractivity contribution < 1.29 is 19.1 Å². The monoisotopic (exact) mass is 329 g/mol. The SMILES string of the molecule is COC(=O)C(C)(C)NC(=O)c1cc(OC)ccc1Br. The summed E-state index contributed by atoms with van der Waals surface area (Å²) in [5.41, 5.74) is -0.717. The second kappa shape index (κ2) is 6.06. The van der Waals surface area contributed by atoms with Crippen molar-refractivity contribution in [1.29, 1.82) is 0 Å². The number of benzene rings is 1. The first-order valence-corrected chi connectivity index (χ1v) is 6.35. The van der Waals surface area contributed by atoms with Crippen LogP contribution in [0.3, 0.4) is 0 Å². The number of ether oxygens (including phenoxy) is 2. The van der Waals surface area contributed by atoms with Crippen LogP contribution in [0.5, 0.6) is 5.75 Å². The van der Waals surface area contributed by atoms with Gasteiger partial charge in [-0.2, -0.15) is 0 Å². The predicted octanol–water partition coefficient (Wildman–Crippen LogP) is 2.14. The molecular weight excluding hydrogens is 314 g/mol. The van der Waals surface area contributed by atoms with Crippen molar-refractivity contribution in [2.75, 3.05) is 14.2 Å². The van der Waals surface area contributed by atoms with Gasteiger partial charge in [0.15, 0.2) is 0 Å². The molecule has 0 unspecified atom stereocenters. The molecule has 0 aliphatic carbocycles. The Bertz CT molecular complexity index is 499. The van der Waals surface area contributed by atoms with Crippen LogP contribution in [0.1, 0.15) is 24.2 Å². The van der Waals surface area contributed by atoms with Gasteiger partial charge in [-0.3, -0.25) is 4.79 Å². The van der Waals surface area contributed by atoms with E-state index < -0.39 is 11.5 Å². The summed E-state index contributed by atoms with van der Waals surface area (Å²) >= 11 is 3.29. The first-order chi connectivity index (χ1) is 8.81. The van der Waals surface area contributed by atoms with Crippen molar-refractivity contribution in [2.24, 2.45) is 0 Å². The van der Waals surface area contributed by atoms with Gasteiger partial charge in [0.2, 0.25) is 0 Å². The van der Waals surface area contributed by atoms with Gasteiger partial charge in [0.1, 0.15) is 11.3 Å². The number of amides is 1. The van der Waals surface area contributed by atoms with Crippen LogP contribution < -0.4 is 10.1 Å². The number of esters is 1. The molecule has 5 nitrogen and oxygen atoms in total. The Hall–Kier alpha value is -1.56. The van der Waals surface area contributed by atoms with Crippen LogP contribution in [0, 0.1) is 0 Å². The maximum absolute atomic E-state index is 12.2. The minimum Gasteiger partial charge on any atom is -0.497 e. The van der Waals surface area contributed by atoms with E-state index in [9.17, 15) is 9.59 Å². The molecule has 0 saturated carbocycles. The highest BCUT2D eigenvalue weighted by Crippen LogP contribution is 2.23. The zero-order chi connectivity index (χ0) is 14.6. The third-order valence-electron chi connectivity index (χ3n) is 2.54. The van der Waals surface area contributed by atoms with Gasteiger partial charge in [0.25, 0.3) is 5.91 Å². The van der Waals surface area contributed by atoms with E-state index in [0.29, 0.717) is 15.8 Å². The highest BCUT2D eigenvalue weighted by Gasteiger charge is 2.31. The average molecular weight is 330 g/mol. The van der Waals surface area contributed by atoms with E-state index in [1.54, 1.807) is 32.0 Å². The number of carbonyl (C=O) groups excluding carboxylic acids is 2. The Morgan fingerprint density at radius 3 is 2.42 bits per heavy atom. The highest BCUT2D eigenvalue weighted by atomic mass is 79.9. The molecule has 0 radical (unpaired) electrons. The Balaban J connectivity index is 2.98. The van der Waals surface area contributed by atoms with Crippen LogP contribution in [-0.2, 0) is 9.53 Å². The quantitative estimate of drug-likeness (QED) is 0.859. The summed E-state index contributed by atoms with van der Waals surface area (Å²) in [6, 6.07) is 5.03. The molecule has 19 heavy (non-hydrogen) atoms. The van der Waals surface area contributed by atoms with Gasteiger partial charge in [-0.15, -0.1) is 0 Å². The zero-order valence-electron chi connectivity index (χ0n) is 11.2. The van der Waals surface area contributed by atoms with Gasteiger partial charge < -0.3 is 14.8 Å². The standard InChI is InChI=1S/C13H16BrNO4/c1-13(2,12(17)19-4)15-11(16)9-7-8(18-3)5-6-10(9)14/h5-7H,1-4H3,(H,15,16). The topological polar surface area (TPSA) is 64.6 Å². The number of hydrogen-bond acceptors (Lipinski definition) is 4. The second-order valence-electron chi connectivity index (χ2n) is 4.42. The molecule has 0 aliphatic rings. The third-order valence-corrected chi connectivity index (χ3v) is 3.23. The number of methoxy groups -OCH3 is 2. The number of nitrogens with one attached hydrogen (secondary N) is 1. The van der Waals surface area contributed by atoms with Crippen molar-refractivity contribution in [3.8, 4) is 5.75 Å². The number of halogens is 1. The molecule has 0 fully saturated rings. The molecule has 0 spiro atoms. The lowest BCUT2D eigenvalue weighted by Gasteiger charge is -2.23. The van der Waals surface area contributed by atoms with Crippen LogP contribution in [0.4, 0.5) is 0 Å². The fourth-order valence-electron chi connectivity index (χ4n) is 1.46. The summed E-state index contributed by atoms with van der Waals surface area (Å²) in [5.74, 6) is -0.342. The molecule has 1 N–H and O–H groups in total. The van der Waals surface area contributed by atoms with E-state index in [1.165, 1.54) is 14.2 Å². The van der Waals surface area contributed by atoms with Crippen LogP contribution in [0.2, 0.25) is 0 Å². The van der Waals surface area contributed by atoms with Gasteiger partial charge >= 0.3 is 5.97 Å². The van der Waals surface area contributed by atoms with E-state index in [2.05, 4.69) is 26.0 Å². The largest absolute Gasteiger partial charge is 0.497 e. The van der Waals surface area contributed by atoms with Crippen LogP contribution in [0.15, 0.2) is 22.7 Å². The van der Waals surface area contributed by atoms with E-state index in [1.807, 2.05) is 0 Å². The van der Waals surface area contributed by atoms with Gasteiger partial charge in [-0.25, -0.2) is 4.79 Å². The zero-order valence-corrected chi connectivity index (χ0v) is 12.8. The van der Waals surface area contributed by atoms with E-state index in [4.69, 9.17) is 4.74 Å². The molecule has 0 saturated heterocycles. The second-order valence-corrected chi connectivity index (χ2v) is 5.27. The molecule has 1 aromatic carbocycles. The molecule has 104 valence electrons. The summed E-state index contributed by atoms with van der Waals surface area (Å²) in [6.07, 6.45) is 0. The summed E-state index contributed by atoms with van der Waals surface area (Å²) in [6.45, 7) is 3.15. The fourth-order valence-corrected chi connectivity index (χ4v) is 1.89. The molecule has 1 amide bonds. The van der Waals surface area contributed by atoms with Crippen LogP contribution >= 0.6 is 15.9 Å². The number of rotatable bonds is 4. The van der Waals surface area contributed by atoms with E-state index in [0.717, 1.165) is 0 Å². The lowest BCUT2D eigenvalue weighted by atomic mass is 10.0. The Morgan fingerprint density at radius 2 is 1.89 bits per heavy atom. The summed E-state index contributed by atoms with van der Waals surface area (Å²) in [4.78, 5) is 23.7. The summed E-state index contributed by atoms with van der Waals surface area (Å²) in [7, 11) is 2.79. The van der Waals surface area contributed by atoms with Crippen LogP contribution in [-0.4, -0.2) is 31.6 Å². The molecular formula is C13H16BrNO4. The third kappa shape index (κ3) is 3.70. The van der Waals surface area contributed by atoms with Crippen molar-refractivity contribution in [2.45, 2.75) is 19.4 Å². The predicted molar refractivity (Wildman–Crippen MR) is 74.3 cm³/mol. The summed E-state index contributed by atoms with van der Waals surface area (Å²) < 4.78 is 10.3. The van der Waals surface area contributed by atoms with Crippen molar-refractivity contribution >= 4 is 27.8 Å². The maximum Gasteiger partial charge on any atom is 0.330 e. The first-order valence-electron chi connectivity index (χ1n) is 5.56. The molecule has 0 heterocycles. The van der Waals surface area contributed by atoms with Gasteiger partial charge in [0.05, 0.1) is 19.8 Å². The molecule has 0 aromatic heterocycles. The van der Waals surface area contributed by atoms with Crippen molar-refractivity contribution in [3.63, 3.8) is 0 Å². The van der Waals surface area contributed by atoms with Gasteiger partial charge in [0, 0.05) is 4.47 Å². The Labute approximate surface area is 120 Å². The van der Waals surface area contributed by atoms with E-state index in [-0.39, 0.29) is 5.91 Å². The van der Waals surface area contributed by atoms with Crippen molar-refractivity contribution in [3.05, 3.63) is 28.2 Å². The Kier molecular flexibility index (Phi) is 4.94.